The van der Waals surface area contributed by atoms with Crippen LogP contribution >= 0.6 is 23.8 Å². The molecule has 1 aliphatic heterocycles. The Morgan fingerprint density at radius 2 is 2.06 bits per heavy atom. The SMILES string of the molecule is COc1cc2nccc(Oc3ccc(NC(=S)N4CC(F)C4)c(Cl)c3F)c2cc1C=O. The summed E-state index contributed by atoms with van der Waals surface area (Å²) in [5.74, 6) is -0.258. The Morgan fingerprint density at radius 1 is 1.29 bits per heavy atom. The molecule has 0 bridgehead atoms. The van der Waals surface area contributed by atoms with E-state index in [0.29, 0.717) is 28.5 Å². The zero-order valence-electron chi connectivity index (χ0n) is 16.2. The maximum atomic E-state index is 14.9. The van der Waals surface area contributed by atoms with Gasteiger partial charge in [0.15, 0.2) is 23.0 Å². The van der Waals surface area contributed by atoms with Crippen molar-refractivity contribution in [3.05, 3.63) is 52.9 Å². The average Bonchev–Trinajstić information content (AvgIpc) is 2.75. The summed E-state index contributed by atoms with van der Waals surface area (Å²) in [5, 5.41) is 3.37. The number of likely N-dealkylation sites (tertiary alicyclic amines) is 1. The first-order valence-corrected chi connectivity index (χ1v) is 9.97. The molecule has 1 N–H and O–H groups in total. The number of carbonyl (C=O) groups excluding carboxylic acids is 1. The number of hydrogen-bond acceptors (Lipinski definition) is 5. The van der Waals surface area contributed by atoms with Crippen LogP contribution in [0, 0.1) is 5.82 Å². The molecule has 2 aromatic carbocycles. The number of carbonyl (C=O) groups is 1. The van der Waals surface area contributed by atoms with E-state index < -0.39 is 12.0 Å². The summed E-state index contributed by atoms with van der Waals surface area (Å²) in [4.78, 5) is 17.2. The molecule has 0 saturated carbocycles. The zero-order valence-corrected chi connectivity index (χ0v) is 17.8. The molecule has 10 heteroatoms. The predicted octanol–water partition coefficient (Wildman–Crippen LogP) is 4.99. The van der Waals surface area contributed by atoms with Gasteiger partial charge in [0.1, 0.15) is 22.7 Å². The van der Waals surface area contributed by atoms with Crippen molar-refractivity contribution in [1.82, 2.24) is 9.88 Å². The number of ether oxygens (including phenoxy) is 2. The number of halogens is 3. The molecule has 0 unspecified atom stereocenters. The highest BCUT2D eigenvalue weighted by Gasteiger charge is 2.28. The number of nitrogens with one attached hydrogen (secondary N) is 1. The van der Waals surface area contributed by atoms with E-state index in [0.717, 1.165) is 0 Å². The first kappa shape index (κ1) is 21.2. The van der Waals surface area contributed by atoms with E-state index >= 15 is 0 Å². The lowest BCUT2D eigenvalue weighted by Crippen LogP contribution is -2.52. The van der Waals surface area contributed by atoms with Crippen molar-refractivity contribution in [2.24, 2.45) is 0 Å². The third-order valence-electron chi connectivity index (χ3n) is 4.81. The van der Waals surface area contributed by atoms with E-state index in [1.807, 2.05) is 0 Å². The molecule has 3 aromatic rings. The molecular formula is C21H16ClF2N3O3S. The number of benzene rings is 2. The molecule has 0 radical (unpaired) electrons. The van der Waals surface area contributed by atoms with Gasteiger partial charge >= 0.3 is 0 Å². The average molecular weight is 464 g/mol. The molecule has 160 valence electrons. The molecule has 0 aliphatic carbocycles. The summed E-state index contributed by atoms with van der Waals surface area (Å²) >= 11 is 11.4. The van der Waals surface area contributed by atoms with Crippen LogP contribution in [-0.4, -0.2) is 47.7 Å². The van der Waals surface area contributed by atoms with Crippen molar-refractivity contribution < 1.29 is 23.0 Å². The monoisotopic (exact) mass is 463 g/mol. The molecule has 1 aromatic heterocycles. The Morgan fingerprint density at radius 3 is 2.74 bits per heavy atom. The van der Waals surface area contributed by atoms with Gasteiger partial charge in [0.25, 0.3) is 0 Å². The van der Waals surface area contributed by atoms with Gasteiger partial charge in [-0.05, 0) is 36.5 Å². The molecule has 1 aliphatic rings. The lowest BCUT2D eigenvalue weighted by Gasteiger charge is -2.36. The van der Waals surface area contributed by atoms with E-state index in [1.54, 1.807) is 23.1 Å². The van der Waals surface area contributed by atoms with E-state index in [1.165, 1.54) is 25.4 Å². The first-order chi connectivity index (χ1) is 14.9. The van der Waals surface area contributed by atoms with Crippen molar-refractivity contribution in [2.45, 2.75) is 6.17 Å². The standard InChI is InChI=1S/C21H16ClF2N3O3S/c1-29-18-7-15-13(6-11(18)10-28)16(4-5-25-15)30-17-3-2-14(19(22)20(17)24)26-21(31)27-8-12(23)9-27/h2-7,10,12H,8-9H2,1H3,(H,26,31). The normalized spacial score (nSPS) is 13.6. The maximum Gasteiger partial charge on any atom is 0.186 e. The summed E-state index contributed by atoms with van der Waals surface area (Å²) in [6.45, 7) is 0.381. The number of nitrogens with zero attached hydrogens (tertiary/aromatic N) is 2. The largest absolute Gasteiger partial charge is 0.496 e. The highest BCUT2D eigenvalue weighted by Crippen LogP contribution is 2.37. The minimum absolute atomic E-state index is 0.120. The highest BCUT2D eigenvalue weighted by atomic mass is 35.5. The molecule has 31 heavy (non-hydrogen) atoms. The van der Waals surface area contributed by atoms with Gasteiger partial charge in [0, 0.05) is 17.6 Å². The molecule has 2 heterocycles. The fourth-order valence-corrected chi connectivity index (χ4v) is 3.60. The van der Waals surface area contributed by atoms with Crippen LogP contribution in [0.15, 0.2) is 36.5 Å². The second kappa shape index (κ2) is 8.60. The second-order valence-electron chi connectivity index (χ2n) is 6.81. The zero-order chi connectivity index (χ0) is 22.1. The topological polar surface area (TPSA) is 63.7 Å². The Labute approximate surface area is 186 Å². The Bertz CT molecular complexity index is 1190. The number of alkyl halides is 1. The molecule has 4 rings (SSSR count). The van der Waals surface area contributed by atoms with Crippen LogP contribution in [0.5, 0.6) is 17.2 Å². The lowest BCUT2D eigenvalue weighted by atomic mass is 10.1. The second-order valence-corrected chi connectivity index (χ2v) is 7.58. The van der Waals surface area contributed by atoms with Crippen LogP contribution in [0.4, 0.5) is 14.5 Å². The number of thiocarbonyl (C=S) groups is 1. The molecular weight excluding hydrogens is 448 g/mol. The molecule has 0 spiro atoms. The van der Waals surface area contributed by atoms with Crippen LogP contribution in [0.1, 0.15) is 10.4 Å². The quantitative estimate of drug-likeness (QED) is 0.422. The Hall–Kier alpha value is -3.04. The van der Waals surface area contributed by atoms with Crippen LogP contribution in [0.25, 0.3) is 10.9 Å². The minimum atomic E-state index is -0.919. The summed E-state index contributed by atoms with van der Waals surface area (Å²) < 4.78 is 38.9. The van der Waals surface area contributed by atoms with E-state index in [2.05, 4.69) is 10.3 Å². The third kappa shape index (κ3) is 4.11. The van der Waals surface area contributed by atoms with Gasteiger partial charge < -0.3 is 19.7 Å². The predicted molar refractivity (Wildman–Crippen MR) is 118 cm³/mol. The van der Waals surface area contributed by atoms with Crippen molar-refractivity contribution in [2.75, 3.05) is 25.5 Å². The van der Waals surface area contributed by atoms with Gasteiger partial charge in [0.2, 0.25) is 0 Å². The van der Waals surface area contributed by atoms with Crippen LogP contribution in [0.2, 0.25) is 5.02 Å². The van der Waals surface area contributed by atoms with Crippen molar-refractivity contribution in [3.8, 4) is 17.2 Å². The molecule has 6 nitrogen and oxygen atoms in total. The lowest BCUT2D eigenvalue weighted by molar-refractivity contribution is 0.112. The van der Waals surface area contributed by atoms with Gasteiger partial charge in [-0.1, -0.05) is 11.6 Å². The maximum absolute atomic E-state index is 14.9. The number of pyridine rings is 1. The summed E-state index contributed by atoms with van der Waals surface area (Å²) in [5.41, 5.74) is 1.06. The number of methoxy groups -OCH3 is 1. The fourth-order valence-electron chi connectivity index (χ4n) is 3.13. The number of anilines is 1. The Balaban J connectivity index is 1.62. The third-order valence-corrected chi connectivity index (χ3v) is 5.54. The van der Waals surface area contributed by atoms with Crippen molar-refractivity contribution in [1.29, 1.82) is 0 Å². The summed E-state index contributed by atoms with van der Waals surface area (Å²) in [6.07, 6.45) is 1.23. The Kier molecular flexibility index (Phi) is 5.88. The van der Waals surface area contributed by atoms with E-state index in [-0.39, 0.29) is 40.4 Å². The fraction of sp³-hybridized carbons (Fsp3) is 0.190. The number of rotatable bonds is 5. The highest BCUT2D eigenvalue weighted by molar-refractivity contribution is 7.80. The summed E-state index contributed by atoms with van der Waals surface area (Å²) in [7, 11) is 1.45. The smallest absolute Gasteiger partial charge is 0.186 e. The van der Waals surface area contributed by atoms with Crippen LogP contribution in [0.3, 0.4) is 0 Å². The van der Waals surface area contributed by atoms with Crippen LogP contribution in [-0.2, 0) is 0 Å². The van der Waals surface area contributed by atoms with Gasteiger partial charge in [-0.25, -0.2) is 8.78 Å². The first-order valence-electron chi connectivity index (χ1n) is 9.19. The van der Waals surface area contributed by atoms with E-state index in [4.69, 9.17) is 33.3 Å². The molecule has 1 saturated heterocycles. The number of hydrogen-bond donors (Lipinski definition) is 1. The van der Waals surface area contributed by atoms with Crippen molar-refractivity contribution >= 4 is 51.8 Å². The number of aldehydes is 1. The number of aromatic nitrogens is 1. The number of fused-ring (bicyclic) bond motifs is 1. The van der Waals surface area contributed by atoms with Gasteiger partial charge in [-0.15, -0.1) is 0 Å². The summed E-state index contributed by atoms with van der Waals surface area (Å²) in [6, 6.07) is 7.62. The van der Waals surface area contributed by atoms with Crippen LogP contribution < -0.4 is 14.8 Å². The molecule has 0 amide bonds. The van der Waals surface area contributed by atoms with Gasteiger partial charge in [-0.3, -0.25) is 9.78 Å². The van der Waals surface area contributed by atoms with Crippen molar-refractivity contribution in [3.63, 3.8) is 0 Å². The van der Waals surface area contributed by atoms with Gasteiger partial charge in [0.05, 0.1) is 37.0 Å². The van der Waals surface area contributed by atoms with Gasteiger partial charge in [-0.2, -0.15) is 0 Å². The van der Waals surface area contributed by atoms with E-state index in [9.17, 15) is 13.6 Å². The minimum Gasteiger partial charge on any atom is -0.496 e. The molecule has 1 fully saturated rings. The molecule has 0 atom stereocenters.